The van der Waals surface area contributed by atoms with Gasteiger partial charge in [0, 0.05) is 5.69 Å². The van der Waals surface area contributed by atoms with Gasteiger partial charge in [0.15, 0.2) is 0 Å². The summed E-state index contributed by atoms with van der Waals surface area (Å²) in [6.07, 6.45) is -0.676. The van der Waals surface area contributed by atoms with Crippen LogP contribution in [0.4, 0.5) is 10.5 Å². The Kier molecular flexibility index (Phi) is 6.55. The Hall–Kier alpha value is -2.57. The number of nitrogens with one attached hydrogen (secondary N) is 2. The van der Waals surface area contributed by atoms with Crippen LogP contribution in [0.25, 0.3) is 0 Å². The molecule has 2 N–H and O–H groups in total. The van der Waals surface area contributed by atoms with E-state index in [0.717, 1.165) is 0 Å². The van der Waals surface area contributed by atoms with E-state index in [1.807, 2.05) is 0 Å². The fourth-order valence-electron chi connectivity index (χ4n) is 1.73. The van der Waals surface area contributed by atoms with Crippen LogP contribution < -0.4 is 10.6 Å². The van der Waals surface area contributed by atoms with Crippen molar-refractivity contribution >= 4 is 23.7 Å². The molecule has 7 nitrogen and oxygen atoms in total. The van der Waals surface area contributed by atoms with Crippen molar-refractivity contribution in [1.29, 1.82) is 0 Å². The Morgan fingerprint density at radius 2 is 1.56 bits per heavy atom. The van der Waals surface area contributed by atoms with Gasteiger partial charge in [0.1, 0.15) is 17.7 Å². The molecular weight excluding hydrogens is 324 g/mol. The van der Waals surface area contributed by atoms with Gasteiger partial charge in [0.25, 0.3) is 0 Å². The molecule has 1 aromatic carbocycles. The zero-order valence-electron chi connectivity index (χ0n) is 15.6. The van der Waals surface area contributed by atoms with Crippen LogP contribution in [0.1, 0.15) is 51.9 Å². The van der Waals surface area contributed by atoms with E-state index in [0.29, 0.717) is 11.3 Å². The molecule has 25 heavy (non-hydrogen) atoms. The lowest BCUT2D eigenvalue weighted by molar-refractivity contribution is -0.115. The number of carbonyl (C=O) groups excluding carboxylic acids is 3. The summed E-state index contributed by atoms with van der Waals surface area (Å²) in [6.45, 7) is 10.3. The summed E-state index contributed by atoms with van der Waals surface area (Å²) in [4.78, 5) is 35.4. The number of hydrogen-bond donors (Lipinski definition) is 2. The van der Waals surface area contributed by atoms with Crippen LogP contribution in [-0.4, -0.2) is 35.7 Å². The molecule has 0 aliphatic carbocycles. The van der Waals surface area contributed by atoms with Gasteiger partial charge >= 0.3 is 12.1 Å². The van der Waals surface area contributed by atoms with Crippen LogP contribution in [0.2, 0.25) is 0 Å². The number of anilines is 1. The zero-order valence-corrected chi connectivity index (χ0v) is 15.6. The molecule has 7 heteroatoms. The number of amides is 2. The van der Waals surface area contributed by atoms with Gasteiger partial charge in [-0.2, -0.15) is 0 Å². The van der Waals surface area contributed by atoms with Crippen molar-refractivity contribution in [1.82, 2.24) is 5.32 Å². The van der Waals surface area contributed by atoms with Gasteiger partial charge in [-0.1, -0.05) is 6.07 Å². The minimum Gasteiger partial charge on any atom is -0.456 e. The van der Waals surface area contributed by atoms with Crippen LogP contribution in [0.5, 0.6) is 0 Å². The maximum atomic E-state index is 12.0. The van der Waals surface area contributed by atoms with E-state index in [2.05, 4.69) is 10.6 Å². The maximum absolute atomic E-state index is 12.0. The normalized spacial score (nSPS) is 11.4. The highest BCUT2D eigenvalue weighted by molar-refractivity contribution is 5.96. The van der Waals surface area contributed by atoms with Crippen molar-refractivity contribution in [3.63, 3.8) is 0 Å². The van der Waals surface area contributed by atoms with E-state index in [-0.39, 0.29) is 6.54 Å². The van der Waals surface area contributed by atoms with E-state index < -0.39 is 29.2 Å². The molecule has 0 aliphatic rings. The van der Waals surface area contributed by atoms with Crippen LogP contribution in [0.15, 0.2) is 24.3 Å². The van der Waals surface area contributed by atoms with Gasteiger partial charge in [0.2, 0.25) is 5.91 Å². The maximum Gasteiger partial charge on any atom is 0.408 e. The van der Waals surface area contributed by atoms with Crippen molar-refractivity contribution in [3.05, 3.63) is 29.8 Å². The smallest absolute Gasteiger partial charge is 0.408 e. The summed E-state index contributed by atoms with van der Waals surface area (Å²) in [7, 11) is 0. The molecular formula is C18H26N2O5. The molecule has 0 spiro atoms. The number of carbonyl (C=O) groups is 3. The second-order valence-electron chi connectivity index (χ2n) is 7.49. The van der Waals surface area contributed by atoms with Gasteiger partial charge in [-0.25, -0.2) is 9.59 Å². The first kappa shape index (κ1) is 20.5. The predicted molar refractivity (Wildman–Crippen MR) is 94.5 cm³/mol. The van der Waals surface area contributed by atoms with Crippen LogP contribution in [0.3, 0.4) is 0 Å². The highest BCUT2D eigenvalue weighted by Crippen LogP contribution is 2.15. The molecule has 2 amide bonds. The first-order chi connectivity index (χ1) is 11.4. The van der Waals surface area contributed by atoms with E-state index >= 15 is 0 Å². The Labute approximate surface area is 148 Å². The third-order valence-corrected chi connectivity index (χ3v) is 2.57. The molecule has 0 aliphatic heterocycles. The second kappa shape index (κ2) is 8.00. The minimum absolute atomic E-state index is 0.244. The van der Waals surface area contributed by atoms with Gasteiger partial charge < -0.3 is 20.1 Å². The Bertz CT molecular complexity index is 642. The van der Waals surface area contributed by atoms with Crippen LogP contribution in [-0.2, 0) is 14.3 Å². The summed E-state index contributed by atoms with van der Waals surface area (Å²) in [5.74, 6) is -0.914. The predicted octanol–water partition coefficient (Wildman–Crippen LogP) is 3.11. The van der Waals surface area contributed by atoms with Crippen LogP contribution in [0, 0.1) is 0 Å². The van der Waals surface area contributed by atoms with Crippen LogP contribution >= 0.6 is 0 Å². The van der Waals surface area contributed by atoms with E-state index in [1.165, 1.54) is 6.07 Å². The molecule has 0 saturated carbocycles. The fraction of sp³-hybridized carbons (Fsp3) is 0.500. The zero-order chi connectivity index (χ0) is 19.3. The summed E-state index contributed by atoms with van der Waals surface area (Å²) in [5, 5.41) is 4.96. The highest BCUT2D eigenvalue weighted by Gasteiger charge is 2.19. The molecule has 0 aromatic heterocycles. The Morgan fingerprint density at radius 3 is 2.12 bits per heavy atom. The molecule has 138 valence electrons. The third kappa shape index (κ3) is 8.74. The lowest BCUT2D eigenvalue weighted by atomic mass is 10.1. The van der Waals surface area contributed by atoms with Gasteiger partial charge in [0.05, 0.1) is 5.56 Å². The standard InChI is InChI=1S/C18H26N2O5/c1-17(2,3)24-15(22)12-8-7-9-13(10-12)20-14(21)11-19-16(23)25-18(4,5)6/h7-10H,11H2,1-6H3,(H,19,23)(H,20,21). The van der Waals surface area contributed by atoms with E-state index in [4.69, 9.17) is 9.47 Å². The highest BCUT2D eigenvalue weighted by atomic mass is 16.6. The largest absolute Gasteiger partial charge is 0.456 e. The Morgan fingerprint density at radius 1 is 0.960 bits per heavy atom. The molecule has 0 bridgehead atoms. The summed E-state index contributed by atoms with van der Waals surface area (Å²) in [6, 6.07) is 6.39. The number of rotatable bonds is 4. The lowest BCUT2D eigenvalue weighted by Gasteiger charge is -2.20. The number of hydrogen-bond acceptors (Lipinski definition) is 5. The average molecular weight is 350 g/mol. The molecule has 0 radical (unpaired) electrons. The monoisotopic (exact) mass is 350 g/mol. The SMILES string of the molecule is CC(C)(C)OC(=O)NCC(=O)Nc1cccc(C(=O)OC(C)(C)C)c1. The lowest BCUT2D eigenvalue weighted by Crippen LogP contribution is -2.37. The fourth-order valence-corrected chi connectivity index (χ4v) is 1.73. The van der Waals surface area contributed by atoms with Gasteiger partial charge in [-0.15, -0.1) is 0 Å². The summed E-state index contributed by atoms with van der Waals surface area (Å²) >= 11 is 0. The molecule has 0 saturated heterocycles. The third-order valence-electron chi connectivity index (χ3n) is 2.57. The topological polar surface area (TPSA) is 93.7 Å². The molecule has 0 unspecified atom stereocenters. The second-order valence-corrected chi connectivity index (χ2v) is 7.49. The number of alkyl carbamates (subject to hydrolysis) is 1. The van der Waals surface area contributed by atoms with E-state index in [9.17, 15) is 14.4 Å². The number of ether oxygens (including phenoxy) is 2. The first-order valence-corrected chi connectivity index (χ1v) is 7.96. The summed E-state index contributed by atoms with van der Waals surface area (Å²) in [5.41, 5.74) is -0.483. The number of benzene rings is 1. The van der Waals surface area contributed by atoms with Crippen molar-refractivity contribution in [2.75, 3.05) is 11.9 Å². The molecule has 0 heterocycles. The minimum atomic E-state index is -0.676. The first-order valence-electron chi connectivity index (χ1n) is 7.96. The van der Waals surface area contributed by atoms with Gasteiger partial charge in [-0.3, -0.25) is 4.79 Å². The van der Waals surface area contributed by atoms with Crippen molar-refractivity contribution in [2.45, 2.75) is 52.7 Å². The Balaban J connectivity index is 2.59. The van der Waals surface area contributed by atoms with Crippen molar-refractivity contribution in [2.24, 2.45) is 0 Å². The van der Waals surface area contributed by atoms with Gasteiger partial charge in [-0.05, 0) is 59.7 Å². The quantitative estimate of drug-likeness (QED) is 0.814. The molecule has 1 aromatic rings. The van der Waals surface area contributed by atoms with Crippen molar-refractivity contribution < 1.29 is 23.9 Å². The number of esters is 1. The van der Waals surface area contributed by atoms with E-state index in [1.54, 1.807) is 59.7 Å². The molecule has 0 fully saturated rings. The molecule has 1 rings (SSSR count). The molecule has 0 atom stereocenters. The average Bonchev–Trinajstić information content (AvgIpc) is 2.42. The van der Waals surface area contributed by atoms with Crippen molar-refractivity contribution in [3.8, 4) is 0 Å². The summed E-state index contributed by atoms with van der Waals surface area (Å²) < 4.78 is 10.3.